The second-order valence-corrected chi connectivity index (χ2v) is 12.6. The van der Waals surface area contributed by atoms with E-state index in [1.807, 2.05) is 0 Å². The summed E-state index contributed by atoms with van der Waals surface area (Å²) in [6.45, 7) is 3.01. The number of ether oxygens (including phenoxy) is 1. The maximum absolute atomic E-state index is 12.9. The Morgan fingerprint density at radius 2 is 1.61 bits per heavy atom. The molecule has 174 valence electrons. The minimum absolute atomic E-state index is 0.0269. The number of sulfone groups is 1. The highest BCUT2D eigenvalue weighted by atomic mass is 32.2. The fourth-order valence-electron chi connectivity index (χ4n) is 4.06. The van der Waals surface area contributed by atoms with E-state index >= 15 is 0 Å². The van der Waals surface area contributed by atoms with Gasteiger partial charge in [-0.15, -0.1) is 0 Å². The average molecular weight is 473 g/mol. The zero-order valence-electron chi connectivity index (χ0n) is 18.0. The number of carbonyl (C=O) groups is 1. The van der Waals surface area contributed by atoms with E-state index in [4.69, 9.17) is 4.74 Å². The molecule has 31 heavy (non-hydrogen) atoms. The minimum atomic E-state index is -3.65. The quantitative estimate of drug-likeness (QED) is 0.544. The van der Waals surface area contributed by atoms with Gasteiger partial charge in [-0.05, 0) is 43.0 Å². The molecule has 1 aliphatic carbocycles. The van der Waals surface area contributed by atoms with E-state index in [9.17, 15) is 21.6 Å². The van der Waals surface area contributed by atoms with Crippen LogP contribution in [0.25, 0.3) is 0 Å². The summed E-state index contributed by atoms with van der Waals surface area (Å²) in [5.74, 6) is 1.03. The van der Waals surface area contributed by atoms with E-state index < -0.39 is 19.9 Å². The molecule has 1 heterocycles. The maximum atomic E-state index is 12.9. The van der Waals surface area contributed by atoms with Crippen molar-refractivity contribution in [2.75, 3.05) is 44.3 Å². The zero-order valence-corrected chi connectivity index (χ0v) is 19.7. The first kappa shape index (κ1) is 24.0. The van der Waals surface area contributed by atoms with Gasteiger partial charge in [-0.25, -0.2) is 16.8 Å². The smallest absolute Gasteiger partial charge is 0.243 e. The third kappa shape index (κ3) is 6.43. The van der Waals surface area contributed by atoms with Crippen LogP contribution in [0.2, 0.25) is 0 Å². The van der Waals surface area contributed by atoms with E-state index in [1.165, 1.54) is 41.4 Å². The number of rotatable bonds is 9. The highest BCUT2D eigenvalue weighted by molar-refractivity contribution is 7.91. The first-order valence-electron chi connectivity index (χ1n) is 10.9. The summed E-state index contributed by atoms with van der Waals surface area (Å²) < 4.78 is 55.7. The maximum Gasteiger partial charge on any atom is 0.243 e. The van der Waals surface area contributed by atoms with Gasteiger partial charge in [0.2, 0.25) is 15.9 Å². The minimum Gasteiger partial charge on any atom is -0.493 e. The Labute approximate surface area is 185 Å². The van der Waals surface area contributed by atoms with E-state index in [2.05, 4.69) is 0 Å². The number of sulfonamides is 1. The highest BCUT2D eigenvalue weighted by Gasteiger charge is 2.31. The van der Waals surface area contributed by atoms with Crippen molar-refractivity contribution in [1.82, 2.24) is 9.21 Å². The van der Waals surface area contributed by atoms with Crippen molar-refractivity contribution < 1.29 is 26.4 Å². The lowest BCUT2D eigenvalue weighted by Crippen LogP contribution is -2.50. The summed E-state index contributed by atoms with van der Waals surface area (Å²) in [5.41, 5.74) is 0. The Bertz CT molecular complexity index is 946. The first-order valence-corrected chi connectivity index (χ1v) is 14.2. The lowest BCUT2D eigenvalue weighted by atomic mass is 10.0. The van der Waals surface area contributed by atoms with Crippen molar-refractivity contribution in [2.24, 2.45) is 5.92 Å². The molecular weight excluding hydrogens is 440 g/mol. The van der Waals surface area contributed by atoms with Crippen molar-refractivity contribution in [1.29, 1.82) is 0 Å². The van der Waals surface area contributed by atoms with Gasteiger partial charge < -0.3 is 9.64 Å². The number of piperazine rings is 1. The van der Waals surface area contributed by atoms with Crippen LogP contribution in [0.3, 0.4) is 0 Å². The molecule has 8 nitrogen and oxygen atoms in total. The number of nitrogens with zero attached hydrogens (tertiary/aromatic N) is 2. The highest BCUT2D eigenvalue weighted by Crippen LogP contribution is 2.28. The van der Waals surface area contributed by atoms with Crippen LogP contribution in [-0.2, 0) is 24.7 Å². The average Bonchev–Trinajstić information content (AvgIpc) is 3.27. The molecule has 1 aliphatic heterocycles. The number of hydrogen-bond donors (Lipinski definition) is 0. The molecule has 0 N–H and O–H groups in total. The molecule has 1 saturated heterocycles. The molecule has 1 amide bonds. The van der Waals surface area contributed by atoms with E-state index in [-0.39, 0.29) is 42.0 Å². The number of benzene rings is 1. The summed E-state index contributed by atoms with van der Waals surface area (Å²) in [6.07, 6.45) is 5.22. The van der Waals surface area contributed by atoms with Gasteiger partial charge in [0, 0.05) is 38.4 Å². The molecule has 0 radical (unpaired) electrons. The van der Waals surface area contributed by atoms with E-state index in [0.717, 1.165) is 12.8 Å². The largest absolute Gasteiger partial charge is 0.493 e. The topological polar surface area (TPSA) is 101 Å². The predicted molar refractivity (Wildman–Crippen MR) is 118 cm³/mol. The molecule has 0 spiro atoms. The summed E-state index contributed by atoms with van der Waals surface area (Å²) in [4.78, 5) is 14.4. The SMILES string of the molecule is CCS(=O)(=O)CCOc1ccc(S(=O)(=O)N2CCN(C(=O)CC3CCCC3)CC2)cc1. The fourth-order valence-corrected chi connectivity index (χ4v) is 6.10. The standard InChI is InChI=1S/C21H32N2O6S2/c1-2-30(25,26)16-15-29-19-7-9-20(10-8-19)31(27,28)23-13-11-22(12-14-23)21(24)17-18-5-3-4-6-18/h7-10,18H,2-6,11-17H2,1H3. The summed E-state index contributed by atoms with van der Waals surface area (Å²) in [7, 11) is -6.76. The van der Waals surface area contributed by atoms with E-state index in [1.54, 1.807) is 11.8 Å². The Morgan fingerprint density at radius 1 is 1.00 bits per heavy atom. The normalized spacial score (nSPS) is 18.9. The molecule has 1 aromatic carbocycles. The van der Waals surface area contributed by atoms with Gasteiger partial charge in [0.1, 0.15) is 12.4 Å². The summed E-state index contributed by atoms with van der Waals surface area (Å²) in [6, 6.07) is 6.01. The molecule has 0 unspecified atom stereocenters. The van der Waals surface area contributed by atoms with Gasteiger partial charge in [0.05, 0.1) is 10.6 Å². The Balaban J connectivity index is 1.51. The number of hydrogen-bond acceptors (Lipinski definition) is 6. The van der Waals surface area contributed by atoms with Gasteiger partial charge in [-0.1, -0.05) is 19.8 Å². The van der Waals surface area contributed by atoms with Crippen LogP contribution in [-0.4, -0.2) is 76.2 Å². The van der Waals surface area contributed by atoms with Crippen LogP contribution >= 0.6 is 0 Å². The van der Waals surface area contributed by atoms with Crippen molar-refractivity contribution in [2.45, 2.75) is 43.9 Å². The summed E-state index contributed by atoms with van der Waals surface area (Å²) >= 11 is 0. The molecule has 0 atom stereocenters. The fraction of sp³-hybridized carbons (Fsp3) is 0.667. The van der Waals surface area contributed by atoms with Crippen molar-refractivity contribution >= 4 is 25.8 Å². The molecule has 0 bridgehead atoms. The third-order valence-corrected chi connectivity index (χ3v) is 9.67. The molecule has 0 aromatic heterocycles. The van der Waals surface area contributed by atoms with E-state index in [0.29, 0.717) is 31.2 Å². The number of carbonyl (C=O) groups excluding carboxylic acids is 1. The molecule has 1 aromatic rings. The first-order chi connectivity index (χ1) is 14.7. The second kappa shape index (κ2) is 10.3. The molecule has 10 heteroatoms. The monoisotopic (exact) mass is 472 g/mol. The molecule has 1 saturated carbocycles. The van der Waals surface area contributed by atoms with Gasteiger partial charge in [-0.2, -0.15) is 4.31 Å². The summed E-state index contributed by atoms with van der Waals surface area (Å²) in [5, 5.41) is 0. The predicted octanol–water partition coefficient (Wildman–Crippen LogP) is 1.91. The molecular formula is C21H32N2O6S2. The lowest BCUT2D eigenvalue weighted by Gasteiger charge is -2.34. The Hall–Kier alpha value is -1.65. The van der Waals surface area contributed by atoms with Crippen molar-refractivity contribution in [3.63, 3.8) is 0 Å². The van der Waals surface area contributed by atoms with Crippen molar-refractivity contribution in [3.8, 4) is 5.75 Å². The van der Waals surface area contributed by atoms with Crippen LogP contribution < -0.4 is 4.74 Å². The Morgan fingerprint density at radius 3 is 2.19 bits per heavy atom. The van der Waals surface area contributed by atoms with Crippen LogP contribution in [0.5, 0.6) is 5.75 Å². The third-order valence-electron chi connectivity index (χ3n) is 6.09. The lowest BCUT2D eigenvalue weighted by molar-refractivity contribution is -0.133. The van der Waals surface area contributed by atoms with Crippen molar-refractivity contribution in [3.05, 3.63) is 24.3 Å². The van der Waals surface area contributed by atoms with Crippen LogP contribution in [0, 0.1) is 5.92 Å². The Kier molecular flexibility index (Phi) is 7.98. The van der Waals surface area contributed by atoms with Gasteiger partial charge in [0.25, 0.3) is 0 Å². The molecule has 2 fully saturated rings. The van der Waals surface area contributed by atoms with Crippen LogP contribution in [0.1, 0.15) is 39.0 Å². The van der Waals surface area contributed by atoms with Gasteiger partial charge in [-0.3, -0.25) is 4.79 Å². The zero-order chi connectivity index (χ0) is 22.5. The molecule has 3 rings (SSSR count). The van der Waals surface area contributed by atoms with Gasteiger partial charge in [0.15, 0.2) is 9.84 Å². The van der Waals surface area contributed by atoms with Crippen LogP contribution in [0.4, 0.5) is 0 Å². The van der Waals surface area contributed by atoms with Gasteiger partial charge >= 0.3 is 0 Å². The van der Waals surface area contributed by atoms with Crippen LogP contribution in [0.15, 0.2) is 29.2 Å². The number of amides is 1. The second-order valence-electron chi connectivity index (χ2n) is 8.20. The molecule has 2 aliphatic rings.